The van der Waals surface area contributed by atoms with E-state index in [0.717, 1.165) is 12.5 Å². The maximum Gasteiger partial charge on any atom is 0.00483 e. The van der Waals surface area contributed by atoms with Gasteiger partial charge in [-0.05, 0) is 38.6 Å². The van der Waals surface area contributed by atoms with Crippen LogP contribution in [0.3, 0.4) is 0 Å². The molecule has 0 aromatic heterocycles. The van der Waals surface area contributed by atoms with Gasteiger partial charge in [-0.2, -0.15) is 0 Å². The van der Waals surface area contributed by atoms with Gasteiger partial charge in [0.25, 0.3) is 0 Å². The highest BCUT2D eigenvalue weighted by atomic mass is 15.1. The van der Waals surface area contributed by atoms with Crippen LogP contribution in [0.4, 0.5) is 0 Å². The second-order valence-electron chi connectivity index (χ2n) is 4.50. The van der Waals surface area contributed by atoms with Crippen LogP contribution in [0.2, 0.25) is 0 Å². The van der Waals surface area contributed by atoms with E-state index in [9.17, 15) is 0 Å². The lowest BCUT2D eigenvalue weighted by atomic mass is 10.0. The van der Waals surface area contributed by atoms with Gasteiger partial charge < -0.3 is 10.6 Å². The molecule has 0 saturated heterocycles. The van der Waals surface area contributed by atoms with Crippen molar-refractivity contribution < 1.29 is 0 Å². The predicted molar refractivity (Wildman–Crippen MR) is 53.0 cm³/mol. The molecular weight excluding hydrogens is 148 g/mol. The summed E-state index contributed by atoms with van der Waals surface area (Å²) in [5, 5.41) is 0. The second-order valence-corrected chi connectivity index (χ2v) is 4.50. The molecule has 0 bridgehead atoms. The first-order valence-corrected chi connectivity index (χ1v) is 5.03. The molecule has 0 radical (unpaired) electrons. The summed E-state index contributed by atoms with van der Waals surface area (Å²) < 4.78 is 0. The van der Waals surface area contributed by atoms with Crippen molar-refractivity contribution in [3.8, 4) is 0 Å². The molecule has 2 nitrogen and oxygen atoms in total. The van der Waals surface area contributed by atoms with E-state index in [-0.39, 0.29) is 0 Å². The first kappa shape index (κ1) is 10.0. The molecular formula is C10H22N2. The Morgan fingerprint density at radius 2 is 2.00 bits per heavy atom. The van der Waals surface area contributed by atoms with Gasteiger partial charge in [-0.25, -0.2) is 0 Å². The Morgan fingerprint density at radius 3 is 2.42 bits per heavy atom. The summed E-state index contributed by atoms with van der Waals surface area (Å²) in [6, 6.07) is 0.326. The third kappa shape index (κ3) is 3.55. The van der Waals surface area contributed by atoms with Crippen LogP contribution in [0.1, 0.15) is 26.7 Å². The zero-order valence-corrected chi connectivity index (χ0v) is 8.59. The molecule has 0 aromatic rings. The lowest BCUT2D eigenvalue weighted by Crippen LogP contribution is -2.35. The average molecular weight is 170 g/mol. The smallest absolute Gasteiger partial charge is 0.00483 e. The molecule has 1 rings (SSSR count). The largest absolute Gasteiger partial charge is 0.328 e. The van der Waals surface area contributed by atoms with Gasteiger partial charge in [-0.1, -0.05) is 6.92 Å². The zero-order chi connectivity index (χ0) is 9.14. The number of nitrogens with two attached hydrogens (primary N) is 1. The molecule has 0 heterocycles. The summed E-state index contributed by atoms with van der Waals surface area (Å²) in [4.78, 5) is 2.42. The summed E-state index contributed by atoms with van der Waals surface area (Å²) >= 11 is 0. The third-order valence-electron chi connectivity index (χ3n) is 2.76. The zero-order valence-electron chi connectivity index (χ0n) is 8.59. The summed E-state index contributed by atoms with van der Waals surface area (Å²) in [6.45, 7) is 6.74. The van der Waals surface area contributed by atoms with E-state index in [2.05, 4.69) is 25.8 Å². The van der Waals surface area contributed by atoms with Gasteiger partial charge in [0.2, 0.25) is 0 Å². The quantitative estimate of drug-likeness (QED) is 0.674. The van der Waals surface area contributed by atoms with E-state index in [1.54, 1.807) is 0 Å². The summed E-state index contributed by atoms with van der Waals surface area (Å²) in [6.07, 6.45) is 2.88. The Balaban J connectivity index is 2.10. The topological polar surface area (TPSA) is 29.3 Å². The van der Waals surface area contributed by atoms with Gasteiger partial charge in [0.1, 0.15) is 0 Å². The number of rotatable bonds is 5. The maximum atomic E-state index is 5.80. The molecule has 2 atom stereocenters. The molecule has 2 heteroatoms. The van der Waals surface area contributed by atoms with Crippen molar-refractivity contribution in [1.82, 2.24) is 4.90 Å². The standard InChI is InChI=1S/C10H22N2/c1-8(9(2)11)6-12(3)7-10-4-5-10/h8-10H,4-7,11H2,1-3H3. The molecule has 72 valence electrons. The minimum atomic E-state index is 0.326. The van der Waals surface area contributed by atoms with Gasteiger partial charge >= 0.3 is 0 Å². The lowest BCUT2D eigenvalue weighted by molar-refractivity contribution is 0.260. The van der Waals surface area contributed by atoms with Crippen molar-refractivity contribution in [3.05, 3.63) is 0 Å². The van der Waals surface area contributed by atoms with Crippen molar-refractivity contribution in [2.75, 3.05) is 20.1 Å². The van der Waals surface area contributed by atoms with Crippen LogP contribution in [0.15, 0.2) is 0 Å². The third-order valence-corrected chi connectivity index (χ3v) is 2.76. The van der Waals surface area contributed by atoms with Gasteiger partial charge in [0, 0.05) is 19.1 Å². The van der Waals surface area contributed by atoms with E-state index < -0.39 is 0 Å². The molecule has 1 fully saturated rings. The van der Waals surface area contributed by atoms with E-state index in [1.165, 1.54) is 19.4 Å². The molecule has 2 unspecified atom stereocenters. The van der Waals surface area contributed by atoms with E-state index in [0.29, 0.717) is 12.0 Å². The highest BCUT2D eigenvalue weighted by molar-refractivity contribution is 4.77. The predicted octanol–water partition coefficient (Wildman–Crippen LogP) is 1.31. The van der Waals surface area contributed by atoms with Crippen LogP contribution in [0.25, 0.3) is 0 Å². The highest BCUT2D eigenvalue weighted by Crippen LogP contribution is 2.29. The molecule has 1 aliphatic rings. The normalized spacial score (nSPS) is 22.8. The molecule has 1 saturated carbocycles. The fourth-order valence-corrected chi connectivity index (χ4v) is 1.47. The molecule has 2 N–H and O–H groups in total. The van der Waals surface area contributed by atoms with E-state index >= 15 is 0 Å². The first-order chi connectivity index (χ1) is 5.59. The molecule has 0 aliphatic heterocycles. The Kier molecular flexibility index (Phi) is 3.53. The van der Waals surface area contributed by atoms with Gasteiger partial charge in [-0.15, -0.1) is 0 Å². The summed E-state index contributed by atoms with van der Waals surface area (Å²) in [5.41, 5.74) is 5.80. The van der Waals surface area contributed by atoms with Crippen LogP contribution < -0.4 is 5.73 Å². The number of nitrogens with zero attached hydrogens (tertiary/aromatic N) is 1. The van der Waals surface area contributed by atoms with Crippen molar-refractivity contribution >= 4 is 0 Å². The maximum absolute atomic E-state index is 5.80. The monoisotopic (exact) mass is 170 g/mol. The summed E-state index contributed by atoms with van der Waals surface area (Å²) in [5.74, 6) is 1.61. The SMILES string of the molecule is CC(N)C(C)CN(C)CC1CC1. The second kappa shape index (κ2) is 4.24. The molecule has 1 aliphatic carbocycles. The minimum Gasteiger partial charge on any atom is -0.328 e. The van der Waals surface area contributed by atoms with Crippen LogP contribution in [-0.2, 0) is 0 Å². The van der Waals surface area contributed by atoms with E-state index in [1.807, 2.05) is 0 Å². The Morgan fingerprint density at radius 1 is 1.42 bits per heavy atom. The molecule has 12 heavy (non-hydrogen) atoms. The van der Waals surface area contributed by atoms with Crippen LogP contribution in [-0.4, -0.2) is 31.1 Å². The summed E-state index contributed by atoms with van der Waals surface area (Å²) in [7, 11) is 2.21. The van der Waals surface area contributed by atoms with Crippen molar-refractivity contribution in [1.29, 1.82) is 0 Å². The fourth-order valence-electron chi connectivity index (χ4n) is 1.47. The van der Waals surface area contributed by atoms with Gasteiger partial charge in [0.15, 0.2) is 0 Å². The fraction of sp³-hybridized carbons (Fsp3) is 1.00. The van der Waals surface area contributed by atoms with Crippen molar-refractivity contribution in [2.45, 2.75) is 32.7 Å². The Hall–Kier alpha value is -0.0800. The van der Waals surface area contributed by atoms with Crippen LogP contribution in [0.5, 0.6) is 0 Å². The van der Waals surface area contributed by atoms with Crippen LogP contribution >= 0.6 is 0 Å². The van der Waals surface area contributed by atoms with Crippen molar-refractivity contribution in [2.24, 2.45) is 17.6 Å². The van der Waals surface area contributed by atoms with Gasteiger partial charge in [0.05, 0.1) is 0 Å². The lowest BCUT2D eigenvalue weighted by Gasteiger charge is -2.23. The molecule has 0 spiro atoms. The van der Waals surface area contributed by atoms with Crippen molar-refractivity contribution in [3.63, 3.8) is 0 Å². The Labute approximate surface area is 76.1 Å². The first-order valence-electron chi connectivity index (χ1n) is 5.03. The van der Waals surface area contributed by atoms with E-state index in [4.69, 9.17) is 5.73 Å². The number of hydrogen-bond donors (Lipinski definition) is 1. The van der Waals surface area contributed by atoms with Crippen LogP contribution in [0, 0.1) is 11.8 Å². The highest BCUT2D eigenvalue weighted by Gasteiger charge is 2.23. The van der Waals surface area contributed by atoms with Gasteiger partial charge in [-0.3, -0.25) is 0 Å². The molecule has 0 amide bonds. The number of hydrogen-bond acceptors (Lipinski definition) is 2. The Bertz CT molecular complexity index is 130. The minimum absolute atomic E-state index is 0.326. The average Bonchev–Trinajstić information content (AvgIpc) is 2.71. The molecule has 0 aromatic carbocycles.